The molecule has 0 saturated heterocycles. The molecule has 0 bridgehead atoms. The molecule has 0 saturated carbocycles. The molecule has 0 heterocycles. The number of hydrogen-bond acceptors (Lipinski definition) is 3. The summed E-state index contributed by atoms with van der Waals surface area (Å²) in [6.07, 6.45) is 0.721. The van der Waals surface area contributed by atoms with Crippen molar-refractivity contribution in [3.8, 4) is 0 Å². The van der Waals surface area contributed by atoms with Crippen LogP contribution in [-0.4, -0.2) is 30.0 Å². The van der Waals surface area contributed by atoms with Crippen LogP contribution in [0.5, 0.6) is 0 Å². The number of hydrogen-bond donors (Lipinski definition) is 1. The minimum absolute atomic E-state index is 0.0679. The molecule has 0 aliphatic rings. The fourth-order valence-electron chi connectivity index (χ4n) is 0.432. The van der Waals surface area contributed by atoms with Crippen molar-refractivity contribution in [3.05, 3.63) is 11.6 Å². The molecule has 0 aromatic carbocycles. The average Bonchev–Trinajstić information content (AvgIpc) is 1.98. The van der Waals surface area contributed by atoms with E-state index in [2.05, 4.69) is 4.74 Å². The zero-order chi connectivity index (χ0) is 8.85. The van der Waals surface area contributed by atoms with Crippen molar-refractivity contribution in [2.24, 2.45) is 0 Å². The molecule has 0 aliphatic carbocycles. The molecule has 0 amide bonds. The SMILES string of the molecule is COC(=O)/C(=C/C(=O)O)CCl. The van der Waals surface area contributed by atoms with Gasteiger partial charge in [-0.25, -0.2) is 9.59 Å². The number of carbonyl (C=O) groups excluding carboxylic acids is 1. The number of carboxylic acid groups (broad SMARTS) is 1. The smallest absolute Gasteiger partial charge is 0.335 e. The van der Waals surface area contributed by atoms with E-state index in [0.717, 1.165) is 13.2 Å². The van der Waals surface area contributed by atoms with Gasteiger partial charge < -0.3 is 9.84 Å². The summed E-state index contributed by atoms with van der Waals surface area (Å²) in [6, 6.07) is 0. The van der Waals surface area contributed by atoms with Crippen LogP contribution in [0.25, 0.3) is 0 Å². The Bertz CT molecular complexity index is 197. The van der Waals surface area contributed by atoms with Crippen molar-refractivity contribution in [3.63, 3.8) is 0 Å². The summed E-state index contributed by atoms with van der Waals surface area (Å²) in [7, 11) is 1.16. The lowest BCUT2D eigenvalue weighted by atomic mass is 10.3. The van der Waals surface area contributed by atoms with Gasteiger partial charge in [-0.1, -0.05) is 0 Å². The molecule has 0 aromatic rings. The molecule has 0 aromatic heterocycles. The molecule has 0 aliphatic heterocycles. The second-order valence-corrected chi connectivity index (χ2v) is 1.90. The lowest BCUT2D eigenvalue weighted by Gasteiger charge is -1.97. The number of methoxy groups -OCH3 is 1. The molecule has 0 spiro atoms. The maximum absolute atomic E-state index is 10.6. The van der Waals surface area contributed by atoms with Gasteiger partial charge in [-0.3, -0.25) is 0 Å². The van der Waals surface area contributed by atoms with E-state index in [1.807, 2.05) is 0 Å². The number of aliphatic carboxylic acids is 1. The van der Waals surface area contributed by atoms with E-state index in [9.17, 15) is 9.59 Å². The molecule has 0 unspecified atom stereocenters. The van der Waals surface area contributed by atoms with Crippen molar-refractivity contribution in [1.82, 2.24) is 0 Å². The Morgan fingerprint density at radius 3 is 2.45 bits per heavy atom. The normalized spacial score (nSPS) is 10.9. The number of halogens is 1. The number of rotatable bonds is 3. The summed E-state index contributed by atoms with van der Waals surface area (Å²) >= 11 is 5.25. The van der Waals surface area contributed by atoms with Gasteiger partial charge in [-0.15, -0.1) is 11.6 Å². The van der Waals surface area contributed by atoms with Crippen molar-refractivity contribution in [2.75, 3.05) is 13.0 Å². The van der Waals surface area contributed by atoms with Crippen LogP contribution < -0.4 is 0 Å². The molecule has 0 radical (unpaired) electrons. The molecule has 1 N–H and O–H groups in total. The van der Waals surface area contributed by atoms with Crippen LogP contribution in [0.1, 0.15) is 0 Å². The van der Waals surface area contributed by atoms with Crippen molar-refractivity contribution in [2.45, 2.75) is 0 Å². The summed E-state index contributed by atoms with van der Waals surface area (Å²) in [5.74, 6) is -2.10. The van der Waals surface area contributed by atoms with E-state index >= 15 is 0 Å². The monoisotopic (exact) mass is 178 g/mol. The fraction of sp³-hybridized carbons (Fsp3) is 0.333. The van der Waals surface area contributed by atoms with Gasteiger partial charge in [0.05, 0.1) is 18.6 Å². The highest BCUT2D eigenvalue weighted by molar-refractivity contribution is 6.22. The van der Waals surface area contributed by atoms with E-state index in [1.165, 1.54) is 0 Å². The largest absolute Gasteiger partial charge is 0.478 e. The standard InChI is InChI=1S/C6H7ClO4/c1-11-6(10)4(3-7)2-5(8)9/h2H,3H2,1H3,(H,8,9)/b4-2+. The molecule has 0 atom stereocenters. The van der Waals surface area contributed by atoms with Gasteiger partial charge in [0.2, 0.25) is 0 Å². The van der Waals surface area contributed by atoms with Gasteiger partial charge in [0, 0.05) is 6.08 Å². The van der Waals surface area contributed by atoms with Crippen LogP contribution in [0.2, 0.25) is 0 Å². The average molecular weight is 179 g/mol. The molecule has 62 valence electrons. The van der Waals surface area contributed by atoms with Gasteiger partial charge in [-0.05, 0) is 0 Å². The van der Waals surface area contributed by atoms with E-state index in [1.54, 1.807) is 0 Å². The topological polar surface area (TPSA) is 63.6 Å². The zero-order valence-corrected chi connectivity index (χ0v) is 6.59. The van der Waals surface area contributed by atoms with Crippen LogP contribution in [0, 0.1) is 0 Å². The third-order valence-corrected chi connectivity index (χ3v) is 1.18. The first-order valence-corrected chi connectivity index (χ1v) is 3.23. The summed E-state index contributed by atoms with van der Waals surface area (Å²) in [4.78, 5) is 20.7. The van der Waals surface area contributed by atoms with Gasteiger partial charge in [-0.2, -0.15) is 0 Å². The van der Waals surface area contributed by atoms with Crippen LogP contribution in [0.3, 0.4) is 0 Å². The van der Waals surface area contributed by atoms with Crippen LogP contribution in [0.15, 0.2) is 11.6 Å². The van der Waals surface area contributed by atoms with Crippen LogP contribution in [0.4, 0.5) is 0 Å². The molecule has 0 rings (SSSR count). The molecule has 5 heteroatoms. The minimum atomic E-state index is -1.22. The van der Waals surface area contributed by atoms with E-state index in [-0.39, 0.29) is 11.5 Å². The van der Waals surface area contributed by atoms with E-state index in [0.29, 0.717) is 0 Å². The molecular formula is C6H7ClO4. The summed E-state index contributed by atoms with van der Waals surface area (Å²) in [5.41, 5.74) is -0.0679. The van der Waals surface area contributed by atoms with Gasteiger partial charge in [0.25, 0.3) is 0 Å². The number of ether oxygens (including phenoxy) is 1. The second kappa shape index (κ2) is 4.73. The first kappa shape index (κ1) is 9.97. The third kappa shape index (κ3) is 3.62. The zero-order valence-electron chi connectivity index (χ0n) is 5.83. The van der Waals surface area contributed by atoms with Gasteiger partial charge in [0.1, 0.15) is 0 Å². The molecule has 0 fully saturated rings. The lowest BCUT2D eigenvalue weighted by molar-refractivity contribution is -0.137. The molecule has 4 nitrogen and oxygen atoms in total. The maximum atomic E-state index is 10.6. The highest BCUT2D eigenvalue weighted by Crippen LogP contribution is 1.99. The summed E-state index contributed by atoms with van der Waals surface area (Å²) in [5, 5.41) is 8.22. The summed E-state index contributed by atoms with van der Waals surface area (Å²) in [6.45, 7) is 0. The number of carboxylic acids is 1. The molecule has 11 heavy (non-hydrogen) atoms. The third-order valence-electron chi connectivity index (χ3n) is 0.889. The maximum Gasteiger partial charge on any atom is 0.335 e. The summed E-state index contributed by atoms with van der Waals surface area (Å²) < 4.78 is 4.25. The minimum Gasteiger partial charge on any atom is -0.478 e. The Balaban J connectivity index is 4.39. The fourth-order valence-corrected chi connectivity index (χ4v) is 0.618. The second-order valence-electron chi connectivity index (χ2n) is 1.63. The highest BCUT2D eigenvalue weighted by atomic mass is 35.5. The van der Waals surface area contributed by atoms with Crippen molar-refractivity contribution in [1.29, 1.82) is 0 Å². The quantitative estimate of drug-likeness (QED) is 0.386. The van der Waals surface area contributed by atoms with E-state index < -0.39 is 11.9 Å². The Morgan fingerprint density at radius 2 is 2.18 bits per heavy atom. The van der Waals surface area contributed by atoms with Gasteiger partial charge >= 0.3 is 11.9 Å². The Kier molecular flexibility index (Phi) is 4.29. The molecular weight excluding hydrogens is 172 g/mol. The number of carbonyl (C=O) groups is 2. The van der Waals surface area contributed by atoms with Crippen LogP contribution in [-0.2, 0) is 14.3 Å². The van der Waals surface area contributed by atoms with Crippen molar-refractivity contribution < 1.29 is 19.4 Å². The predicted octanol–water partition coefficient (Wildman–Crippen LogP) is 0.409. The van der Waals surface area contributed by atoms with E-state index in [4.69, 9.17) is 16.7 Å². The van der Waals surface area contributed by atoms with Gasteiger partial charge in [0.15, 0.2) is 0 Å². The number of alkyl halides is 1. The highest BCUT2D eigenvalue weighted by Gasteiger charge is 2.09. The Hall–Kier alpha value is -1.03. The van der Waals surface area contributed by atoms with Crippen molar-refractivity contribution >= 4 is 23.5 Å². The lowest BCUT2D eigenvalue weighted by Crippen LogP contribution is -2.08. The Morgan fingerprint density at radius 1 is 1.64 bits per heavy atom. The Labute approximate surface area is 68.4 Å². The first-order chi connectivity index (χ1) is 5.11. The van der Waals surface area contributed by atoms with Crippen LogP contribution >= 0.6 is 11.6 Å². The predicted molar refractivity (Wildman–Crippen MR) is 38.5 cm³/mol. The number of esters is 1. The first-order valence-electron chi connectivity index (χ1n) is 2.69.